The van der Waals surface area contributed by atoms with Gasteiger partial charge in [0.25, 0.3) is 5.91 Å². The van der Waals surface area contributed by atoms with E-state index in [9.17, 15) is 24.5 Å². The second-order valence-corrected chi connectivity index (χ2v) is 10.2. The number of aromatic hydroxyl groups is 1. The Morgan fingerprint density at radius 2 is 1.89 bits per heavy atom. The predicted octanol–water partition coefficient (Wildman–Crippen LogP) is 4.60. The number of aryl methyl sites for hydroxylation is 1. The van der Waals surface area contributed by atoms with Gasteiger partial charge < -0.3 is 26.0 Å². The molecule has 0 fully saturated rings. The van der Waals surface area contributed by atoms with Crippen molar-refractivity contribution in [1.82, 2.24) is 10.6 Å². The molecule has 3 aromatic carbocycles. The van der Waals surface area contributed by atoms with Crippen LogP contribution in [-0.4, -0.2) is 39.9 Å². The number of rotatable bonds is 11. The van der Waals surface area contributed by atoms with E-state index in [1.54, 1.807) is 24.3 Å². The molecule has 0 heterocycles. The molecular weight excluding hydrogens is 495 g/mol. The zero-order valence-electron chi connectivity index (χ0n) is 21.3. The van der Waals surface area contributed by atoms with E-state index in [1.165, 1.54) is 12.1 Å². The summed E-state index contributed by atoms with van der Waals surface area (Å²) in [5, 5.41) is 36.2. The van der Waals surface area contributed by atoms with Crippen molar-refractivity contribution < 1.29 is 24.5 Å². The van der Waals surface area contributed by atoms with E-state index < -0.39 is 11.6 Å². The number of nitrogens with one attached hydrogen (secondary N) is 2. The Labute approximate surface area is 222 Å². The molecule has 0 aliphatic carbocycles. The monoisotopic (exact) mass is 528 g/mol. The molecule has 0 aliphatic heterocycles. The van der Waals surface area contributed by atoms with E-state index >= 15 is 0 Å². The highest BCUT2D eigenvalue weighted by Crippen LogP contribution is 2.24. The fourth-order valence-electron chi connectivity index (χ4n) is 4.17. The molecule has 0 aromatic heterocycles. The Bertz CT molecular complexity index is 1250. The molecule has 0 saturated carbocycles. The van der Waals surface area contributed by atoms with Gasteiger partial charge in [-0.05, 0) is 80.6 Å². The van der Waals surface area contributed by atoms with Gasteiger partial charge in [-0.1, -0.05) is 35.9 Å². The molecule has 3 aromatic rings. The lowest BCUT2D eigenvalue weighted by atomic mass is 9.93. The average molecular weight is 529 g/mol. The highest BCUT2D eigenvalue weighted by molar-refractivity contribution is 6.32. The first-order valence-electron chi connectivity index (χ1n) is 12.2. The number of aliphatic hydroxyl groups is 2. The summed E-state index contributed by atoms with van der Waals surface area (Å²) in [5.41, 5.74) is 3.19. The van der Waals surface area contributed by atoms with Crippen LogP contribution in [0.4, 0.5) is 4.39 Å². The molecule has 0 saturated heterocycles. The summed E-state index contributed by atoms with van der Waals surface area (Å²) in [4.78, 5) is 12.7. The summed E-state index contributed by atoms with van der Waals surface area (Å²) in [6.07, 6.45) is 0.0642. The third-order valence-electron chi connectivity index (χ3n) is 6.31. The second kappa shape index (κ2) is 12.5. The highest BCUT2D eigenvalue weighted by atomic mass is 35.5. The maximum Gasteiger partial charge on any atom is 0.251 e. The lowest BCUT2D eigenvalue weighted by Crippen LogP contribution is -2.43. The standard InChI is InChI=1S/C29H34ClFN2O4/c1-18-7-9-24(31)23(27(18)30)11-12-32-28(37)21-6-4-5-19(13-21)15-29(2,3)33-16-26(36)20-8-10-25(35)22(14-20)17-34/h4-10,13-14,26,33-36H,11-12,15-17H2,1-3H3,(H,32,37)/t26-/m1/s1. The molecule has 6 nitrogen and oxygen atoms in total. The summed E-state index contributed by atoms with van der Waals surface area (Å²) >= 11 is 6.22. The van der Waals surface area contributed by atoms with Crippen molar-refractivity contribution in [2.24, 2.45) is 0 Å². The first kappa shape index (κ1) is 28.6. The van der Waals surface area contributed by atoms with Gasteiger partial charge in [-0.2, -0.15) is 0 Å². The van der Waals surface area contributed by atoms with Gasteiger partial charge in [0.2, 0.25) is 0 Å². The summed E-state index contributed by atoms with van der Waals surface area (Å²) < 4.78 is 14.1. The van der Waals surface area contributed by atoms with Crippen molar-refractivity contribution in [2.75, 3.05) is 13.1 Å². The Balaban J connectivity index is 1.56. The number of amides is 1. The van der Waals surface area contributed by atoms with Gasteiger partial charge in [0.1, 0.15) is 11.6 Å². The number of hydrogen-bond donors (Lipinski definition) is 5. The first-order valence-corrected chi connectivity index (χ1v) is 12.5. The lowest BCUT2D eigenvalue weighted by Gasteiger charge is -2.28. The quantitative estimate of drug-likeness (QED) is 0.250. The van der Waals surface area contributed by atoms with E-state index in [0.717, 1.165) is 11.1 Å². The summed E-state index contributed by atoms with van der Waals surface area (Å²) in [5.74, 6) is -0.646. The normalized spacial score (nSPS) is 12.4. The van der Waals surface area contributed by atoms with Crippen LogP contribution in [0, 0.1) is 12.7 Å². The molecule has 0 radical (unpaired) electrons. The largest absolute Gasteiger partial charge is 0.508 e. The van der Waals surface area contributed by atoms with Gasteiger partial charge >= 0.3 is 0 Å². The van der Waals surface area contributed by atoms with Crippen molar-refractivity contribution in [2.45, 2.75) is 51.9 Å². The molecule has 0 unspecified atom stereocenters. The van der Waals surface area contributed by atoms with E-state index in [0.29, 0.717) is 33.7 Å². The number of benzene rings is 3. The van der Waals surface area contributed by atoms with Gasteiger partial charge in [0, 0.05) is 40.3 Å². The van der Waals surface area contributed by atoms with Gasteiger partial charge in [-0.15, -0.1) is 0 Å². The lowest BCUT2D eigenvalue weighted by molar-refractivity contribution is 0.0954. The molecule has 3 rings (SSSR count). The summed E-state index contributed by atoms with van der Waals surface area (Å²) in [7, 11) is 0. The average Bonchev–Trinajstić information content (AvgIpc) is 2.87. The van der Waals surface area contributed by atoms with Crippen molar-refractivity contribution in [3.63, 3.8) is 0 Å². The SMILES string of the molecule is Cc1ccc(F)c(CCNC(=O)c2cccc(CC(C)(C)NC[C@@H](O)c3ccc(O)c(CO)c3)c2)c1Cl. The number of carbonyl (C=O) groups is 1. The van der Waals surface area contributed by atoms with Gasteiger partial charge in [0.15, 0.2) is 0 Å². The Hall–Kier alpha value is -2.97. The molecular formula is C29H34ClFN2O4. The summed E-state index contributed by atoms with van der Waals surface area (Å²) in [6.45, 7) is 6.02. The molecule has 8 heteroatoms. The molecule has 0 aliphatic rings. The van der Waals surface area contributed by atoms with Crippen LogP contribution in [0.5, 0.6) is 5.75 Å². The Morgan fingerprint density at radius 1 is 1.14 bits per heavy atom. The zero-order valence-corrected chi connectivity index (χ0v) is 22.1. The van der Waals surface area contributed by atoms with Crippen LogP contribution >= 0.6 is 11.6 Å². The fourth-order valence-corrected chi connectivity index (χ4v) is 4.42. The molecule has 37 heavy (non-hydrogen) atoms. The molecule has 0 bridgehead atoms. The van der Waals surface area contributed by atoms with Gasteiger partial charge in [0.05, 0.1) is 12.7 Å². The minimum absolute atomic E-state index is 0.0122. The smallest absolute Gasteiger partial charge is 0.251 e. The van der Waals surface area contributed by atoms with E-state index in [2.05, 4.69) is 10.6 Å². The fraction of sp³-hybridized carbons (Fsp3) is 0.345. The van der Waals surface area contributed by atoms with E-state index in [4.69, 9.17) is 11.6 Å². The molecule has 198 valence electrons. The van der Waals surface area contributed by atoms with Crippen LogP contribution in [0.15, 0.2) is 54.6 Å². The van der Waals surface area contributed by atoms with Crippen LogP contribution in [0.2, 0.25) is 5.02 Å². The maximum absolute atomic E-state index is 14.1. The maximum atomic E-state index is 14.1. The van der Waals surface area contributed by atoms with Crippen LogP contribution < -0.4 is 10.6 Å². The van der Waals surface area contributed by atoms with Crippen LogP contribution in [0.25, 0.3) is 0 Å². The minimum Gasteiger partial charge on any atom is -0.508 e. The highest BCUT2D eigenvalue weighted by Gasteiger charge is 2.21. The van der Waals surface area contributed by atoms with Crippen molar-refractivity contribution in [1.29, 1.82) is 0 Å². The molecule has 5 N–H and O–H groups in total. The third-order valence-corrected chi connectivity index (χ3v) is 6.83. The molecule has 1 amide bonds. The number of hydrogen-bond acceptors (Lipinski definition) is 5. The second-order valence-electron chi connectivity index (χ2n) is 9.87. The molecule has 0 spiro atoms. The third kappa shape index (κ3) is 7.76. The number of carbonyl (C=O) groups excluding carboxylic acids is 1. The summed E-state index contributed by atoms with van der Waals surface area (Å²) in [6, 6.07) is 15.0. The molecule has 1 atom stereocenters. The topological polar surface area (TPSA) is 102 Å². The van der Waals surface area contributed by atoms with Crippen LogP contribution in [0.1, 0.15) is 58.1 Å². The van der Waals surface area contributed by atoms with E-state index in [-0.39, 0.29) is 43.6 Å². The zero-order chi connectivity index (χ0) is 27.2. The number of β-amino-alcohol motifs (C(OH)–C–C–N with tert-alkyl or cyclic N) is 1. The van der Waals surface area contributed by atoms with Gasteiger partial charge in [-0.25, -0.2) is 4.39 Å². The Kier molecular flexibility index (Phi) is 9.68. The van der Waals surface area contributed by atoms with E-state index in [1.807, 2.05) is 39.0 Å². The number of halogens is 2. The van der Waals surface area contributed by atoms with Crippen LogP contribution in [-0.2, 0) is 19.4 Å². The van der Waals surface area contributed by atoms with Crippen molar-refractivity contribution in [3.8, 4) is 5.75 Å². The first-order chi connectivity index (χ1) is 17.5. The Morgan fingerprint density at radius 3 is 2.62 bits per heavy atom. The number of aliphatic hydroxyl groups excluding tert-OH is 2. The number of phenols is 1. The van der Waals surface area contributed by atoms with Crippen molar-refractivity contribution in [3.05, 3.63) is 98.8 Å². The van der Waals surface area contributed by atoms with Gasteiger partial charge in [-0.3, -0.25) is 4.79 Å². The van der Waals surface area contributed by atoms with Crippen molar-refractivity contribution >= 4 is 17.5 Å². The predicted molar refractivity (Wildman–Crippen MR) is 143 cm³/mol. The minimum atomic E-state index is -0.825. The van der Waals surface area contributed by atoms with Crippen LogP contribution in [0.3, 0.4) is 0 Å².